The molecule has 156 valence electrons. The molecule has 1 amide bonds. The van der Waals surface area contributed by atoms with E-state index in [9.17, 15) is 9.18 Å². The fraction of sp³-hybridized carbons (Fsp3) is 0.364. The van der Waals surface area contributed by atoms with Crippen molar-refractivity contribution in [2.45, 2.75) is 32.9 Å². The molecule has 2 heterocycles. The van der Waals surface area contributed by atoms with Crippen LogP contribution in [0.15, 0.2) is 48.5 Å². The second-order valence-electron chi connectivity index (χ2n) is 8.00. The summed E-state index contributed by atoms with van der Waals surface area (Å²) in [6, 6.07) is 13.8. The number of nitrogens with one attached hydrogen (secondary N) is 2. The van der Waals surface area contributed by atoms with Crippen LogP contribution in [-0.2, 0) is 17.9 Å². The molecule has 2 aromatic carbocycles. The minimum Gasteiger partial charge on any atom is -0.331 e. The fourth-order valence-electron chi connectivity index (χ4n) is 3.70. The highest BCUT2D eigenvalue weighted by Gasteiger charge is 2.19. The summed E-state index contributed by atoms with van der Waals surface area (Å²) in [5.74, 6) is 0.672. The molecule has 3 aromatic rings. The Morgan fingerprint density at radius 2 is 1.83 bits per heavy atom. The van der Waals surface area contributed by atoms with E-state index in [2.05, 4.69) is 39.8 Å². The topological polar surface area (TPSA) is 77.1 Å². The van der Waals surface area contributed by atoms with Crippen molar-refractivity contribution in [1.29, 1.82) is 0 Å². The second-order valence-corrected chi connectivity index (χ2v) is 8.00. The van der Waals surface area contributed by atoms with E-state index in [-0.39, 0.29) is 18.3 Å². The number of tetrazole rings is 1. The molecule has 0 aliphatic carbocycles. The van der Waals surface area contributed by atoms with E-state index >= 15 is 0 Å². The molecular weight excluding hydrogens is 383 g/mol. The van der Waals surface area contributed by atoms with Crippen molar-refractivity contribution in [2.24, 2.45) is 5.92 Å². The Labute approximate surface area is 174 Å². The molecule has 0 bridgehead atoms. The van der Waals surface area contributed by atoms with Crippen molar-refractivity contribution in [3.8, 4) is 11.4 Å². The molecule has 0 saturated carbocycles. The third-order valence-electron chi connectivity index (χ3n) is 5.51. The van der Waals surface area contributed by atoms with Crippen LogP contribution in [0.3, 0.4) is 0 Å². The van der Waals surface area contributed by atoms with Gasteiger partial charge in [-0.3, -0.25) is 4.79 Å². The van der Waals surface area contributed by atoms with E-state index in [4.69, 9.17) is 0 Å². The van der Waals surface area contributed by atoms with Gasteiger partial charge in [0, 0.05) is 16.8 Å². The maximum absolute atomic E-state index is 12.9. The molecule has 1 fully saturated rings. The third-order valence-corrected chi connectivity index (χ3v) is 5.51. The van der Waals surface area contributed by atoms with Gasteiger partial charge in [0.1, 0.15) is 18.9 Å². The lowest BCUT2D eigenvalue weighted by Gasteiger charge is -2.27. The molecule has 1 aliphatic rings. The Hall–Kier alpha value is -3.13. The Morgan fingerprint density at radius 1 is 1.13 bits per heavy atom. The molecular formula is C22H26FN6O+. The van der Waals surface area contributed by atoms with Crippen molar-refractivity contribution in [1.82, 2.24) is 20.2 Å². The van der Waals surface area contributed by atoms with Gasteiger partial charge in [0.2, 0.25) is 11.7 Å². The van der Waals surface area contributed by atoms with Gasteiger partial charge < -0.3 is 10.2 Å². The predicted molar refractivity (Wildman–Crippen MR) is 111 cm³/mol. The lowest BCUT2D eigenvalue weighted by molar-refractivity contribution is -0.919. The summed E-state index contributed by atoms with van der Waals surface area (Å²) in [4.78, 5) is 15.0. The molecule has 8 heteroatoms. The van der Waals surface area contributed by atoms with Gasteiger partial charge in [0.05, 0.1) is 13.1 Å². The van der Waals surface area contributed by atoms with E-state index in [1.165, 1.54) is 60.6 Å². The first kappa shape index (κ1) is 20.2. The zero-order valence-electron chi connectivity index (χ0n) is 17.0. The number of anilines is 1. The van der Waals surface area contributed by atoms with Crippen LogP contribution >= 0.6 is 0 Å². The number of carbonyl (C=O) groups is 1. The van der Waals surface area contributed by atoms with Gasteiger partial charge >= 0.3 is 0 Å². The number of benzene rings is 2. The number of hydrogen-bond donors (Lipinski definition) is 2. The van der Waals surface area contributed by atoms with E-state index in [0.29, 0.717) is 11.5 Å². The lowest BCUT2D eigenvalue weighted by atomic mass is 9.99. The summed E-state index contributed by atoms with van der Waals surface area (Å²) in [6.07, 6.45) is 2.60. The highest BCUT2D eigenvalue weighted by atomic mass is 19.1. The lowest BCUT2D eigenvalue weighted by Crippen LogP contribution is -3.11. The Bertz CT molecular complexity index is 978. The Balaban J connectivity index is 1.33. The van der Waals surface area contributed by atoms with Crippen LogP contribution in [0.4, 0.5) is 10.1 Å². The van der Waals surface area contributed by atoms with E-state index < -0.39 is 0 Å². The number of piperidine rings is 1. The minimum absolute atomic E-state index is 0.0702. The van der Waals surface area contributed by atoms with Crippen LogP contribution in [0.2, 0.25) is 0 Å². The number of aromatic nitrogens is 4. The first-order chi connectivity index (χ1) is 14.5. The molecule has 0 atom stereocenters. The Kier molecular flexibility index (Phi) is 6.13. The van der Waals surface area contributed by atoms with Gasteiger partial charge in [-0.25, -0.2) is 4.39 Å². The monoisotopic (exact) mass is 409 g/mol. The molecule has 0 radical (unpaired) electrons. The number of likely N-dealkylation sites (tertiary alicyclic amines) is 1. The van der Waals surface area contributed by atoms with Crippen LogP contribution in [0, 0.1) is 11.7 Å². The van der Waals surface area contributed by atoms with Crippen LogP contribution < -0.4 is 10.2 Å². The quantitative estimate of drug-likeness (QED) is 0.652. The number of carbonyl (C=O) groups excluding carboxylic acids is 1. The predicted octanol–water partition coefficient (Wildman–Crippen LogP) is 1.93. The molecule has 1 aliphatic heterocycles. The normalized spacial score (nSPS) is 18.9. The number of quaternary nitrogens is 1. The summed E-state index contributed by atoms with van der Waals surface area (Å²) in [6.45, 7) is 5.77. The smallest absolute Gasteiger partial charge is 0.248 e. The minimum atomic E-state index is -0.353. The van der Waals surface area contributed by atoms with Crippen molar-refractivity contribution in [2.75, 3.05) is 18.4 Å². The highest BCUT2D eigenvalue weighted by Crippen LogP contribution is 2.15. The van der Waals surface area contributed by atoms with E-state index in [1.54, 1.807) is 4.90 Å². The third kappa shape index (κ3) is 5.27. The van der Waals surface area contributed by atoms with E-state index in [0.717, 1.165) is 18.0 Å². The molecule has 4 rings (SSSR count). The SMILES string of the molecule is CC1CC[NH+](Cc2ccc(-c3nnn(CC(=O)Nc4ccc(F)cc4)n3)cc2)CC1. The average molecular weight is 409 g/mol. The van der Waals surface area contributed by atoms with Gasteiger partial charge in [-0.1, -0.05) is 31.2 Å². The highest BCUT2D eigenvalue weighted by molar-refractivity contribution is 5.90. The van der Waals surface area contributed by atoms with Gasteiger partial charge in [0.25, 0.3) is 0 Å². The van der Waals surface area contributed by atoms with Crippen molar-refractivity contribution in [3.05, 3.63) is 59.9 Å². The summed E-state index contributed by atoms with van der Waals surface area (Å²) in [5.41, 5.74) is 2.68. The molecule has 0 spiro atoms. The number of nitrogens with zero attached hydrogens (tertiary/aromatic N) is 4. The van der Waals surface area contributed by atoms with Gasteiger partial charge in [-0.15, -0.1) is 10.2 Å². The molecule has 0 unspecified atom stereocenters. The average Bonchev–Trinajstić information content (AvgIpc) is 3.20. The summed E-state index contributed by atoms with van der Waals surface area (Å²) in [5, 5.41) is 15.0. The maximum atomic E-state index is 12.9. The largest absolute Gasteiger partial charge is 0.331 e. The second kappa shape index (κ2) is 9.13. The van der Waals surface area contributed by atoms with Crippen LogP contribution in [-0.4, -0.2) is 39.2 Å². The number of rotatable bonds is 6. The number of hydrogen-bond acceptors (Lipinski definition) is 4. The summed E-state index contributed by atoms with van der Waals surface area (Å²) >= 11 is 0. The Morgan fingerprint density at radius 3 is 2.53 bits per heavy atom. The van der Waals surface area contributed by atoms with Crippen molar-refractivity contribution >= 4 is 11.6 Å². The summed E-state index contributed by atoms with van der Waals surface area (Å²) < 4.78 is 12.9. The molecule has 7 nitrogen and oxygen atoms in total. The molecule has 2 N–H and O–H groups in total. The molecule has 30 heavy (non-hydrogen) atoms. The molecule has 1 saturated heterocycles. The first-order valence-electron chi connectivity index (χ1n) is 10.3. The van der Waals surface area contributed by atoms with Crippen LogP contribution in [0.25, 0.3) is 11.4 Å². The van der Waals surface area contributed by atoms with Crippen LogP contribution in [0.1, 0.15) is 25.3 Å². The maximum Gasteiger partial charge on any atom is 0.248 e. The first-order valence-corrected chi connectivity index (χ1v) is 10.3. The van der Waals surface area contributed by atoms with E-state index in [1.807, 2.05) is 12.1 Å². The van der Waals surface area contributed by atoms with Gasteiger partial charge in [0.15, 0.2) is 0 Å². The van der Waals surface area contributed by atoms with Crippen LogP contribution in [0.5, 0.6) is 0 Å². The zero-order chi connectivity index (χ0) is 20.9. The zero-order valence-corrected chi connectivity index (χ0v) is 17.0. The number of halogens is 1. The number of amides is 1. The fourth-order valence-corrected chi connectivity index (χ4v) is 3.70. The summed E-state index contributed by atoms with van der Waals surface area (Å²) in [7, 11) is 0. The van der Waals surface area contributed by atoms with Gasteiger partial charge in [-0.05, 0) is 48.2 Å². The van der Waals surface area contributed by atoms with Gasteiger partial charge in [-0.2, -0.15) is 4.80 Å². The molecule has 1 aromatic heterocycles. The van der Waals surface area contributed by atoms with Crippen molar-refractivity contribution in [3.63, 3.8) is 0 Å². The van der Waals surface area contributed by atoms with Crippen molar-refractivity contribution < 1.29 is 14.1 Å². The standard InChI is InChI=1S/C22H25FN6O/c1-16-10-12-28(13-11-16)14-17-2-4-18(5-3-17)22-25-27-29(26-22)15-21(30)24-20-8-6-19(23)7-9-20/h2-9,16H,10-15H2,1H3,(H,24,30)/p+1.